The van der Waals surface area contributed by atoms with Gasteiger partial charge in [0.1, 0.15) is 0 Å². The molecule has 1 aromatic heterocycles. The lowest BCUT2D eigenvalue weighted by Crippen LogP contribution is -2.32. The number of ether oxygens (including phenoxy) is 1. The third-order valence-electron chi connectivity index (χ3n) is 5.03. The van der Waals surface area contributed by atoms with E-state index in [-0.39, 0.29) is 5.60 Å². The molecule has 2 saturated heterocycles. The van der Waals surface area contributed by atoms with E-state index in [0.717, 1.165) is 39.1 Å². The van der Waals surface area contributed by atoms with E-state index in [1.54, 1.807) is 0 Å². The first-order valence-electron chi connectivity index (χ1n) is 8.13. The van der Waals surface area contributed by atoms with Gasteiger partial charge in [-0.2, -0.15) is 0 Å². The fourth-order valence-corrected chi connectivity index (χ4v) is 3.88. The van der Waals surface area contributed by atoms with Crippen molar-refractivity contribution < 1.29 is 4.74 Å². The maximum atomic E-state index is 6.28. The molecule has 0 bridgehead atoms. The highest BCUT2D eigenvalue weighted by atomic mass is 16.5. The molecule has 2 aliphatic rings. The Hall–Kier alpha value is -1.71. The molecular weight excluding hydrogens is 272 g/mol. The summed E-state index contributed by atoms with van der Waals surface area (Å²) in [5.74, 6) is 0.557. The Balaban J connectivity index is 1.40. The number of benzene rings is 1. The monoisotopic (exact) mass is 294 g/mol. The SMILES string of the molecule is c1ccc(C2COC3(CCN(Cc4ccncc4)C3)C2)cc1. The van der Waals surface area contributed by atoms with Gasteiger partial charge in [0.25, 0.3) is 0 Å². The molecule has 2 atom stereocenters. The predicted molar refractivity (Wildman–Crippen MR) is 86.6 cm³/mol. The van der Waals surface area contributed by atoms with E-state index in [1.165, 1.54) is 11.1 Å². The lowest BCUT2D eigenvalue weighted by atomic mass is 9.89. The molecule has 0 amide bonds. The Kier molecular flexibility index (Phi) is 3.68. The molecule has 3 nitrogen and oxygen atoms in total. The molecule has 2 aromatic rings. The van der Waals surface area contributed by atoms with Crippen molar-refractivity contribution in [2.45, 2.75) is 30.9 Å². The molecule has 114 valence electrons. The Labute approximate surface area is 131 Å². The fourth-order valence-electron chi connectivity index (χ4n) is 3.88. The Bertz CT molecular complexity index is 616. The molecule has 3 heteroatoms. The molecule has 22 heavy (non-hydrogen) atoms. The minimum atomic E-state index is 0.0769. The highest BCUT2D eigenvalue weighted by Gasteiger charge is 2.45. The first-order chi connectivity index (χ1) is 10.8. The van der Waals surface area contributed by atoms with Crippen molar-refractivity contribution in [1.29, 1.82) is 0 Å². The van der Waals surface area contributed by atoms with Crippen molar-refractivity contribution in [2.75, 3.05) is 19.7 Å². The second kappa shape index (κ2) is 5.82. The number of hydrogen-bond donors (Lipinski definition) is 0. The first-order valence-corrected chi connectivity index (χ1v) is 8.13. The summed E-state index contributed by atoms with van der Waals surface area (Å²) in [5, 5.41) is 0. The lowest BCUT2D eigenvalue weighted by molar-refractivity contribution is 0.0118. The van der Waals surface area contributed by atoms with Crippen LogP contribution < -0.4 is 0 Å². The van der Waals surface area contributed by atoms with E-state index >= 15 is 0 Å². The van der Waals surface area contributed by atoms with Crippen molar-refractivity contribution in [2.24, 2.45) is 0 Å². The van der Waals surface area contributed by atoms with Gasteiger partial charge in [0.05, 0.1) is 12.2 Å². The third kappa shape index (κ3) is 2.79. The maximum absolute atomic E-state index is 6.28. The normalized spacial score (nSPS) is 28.5. The predicted octanol–water partition coefficient (Wildman–Crippen LogP) is 3.23. The molecule has 4 rings (SSSR count). The van der Waals surface area contributed by atoms with Gasteiger partial charge < -0.3 is 4.74 Å². The summed E-state index contributed by atoms with van der Waals surface area (Å²) in [5.41, 5.74) is 2.84. The van der Waals surface area contributed by atoms with E-state index in [2.05, 4.69) is 52.3 Å². The van der Waals surface area contributed by atoms with Crippen molar-refractivity contribution in [3.63, 3.8) is 0 Å². The Morgan fingerprint density at radius 2 is 1.95 bits per heavy atom. The summed E-state index contributed by atoms with van der Waals surface area (Å²) in [6.07, 6.45) is 6.06. The molecule has 0 radical (unpaired) electrons. The van der Waals surface area contributed by atoms with E-state index in [9.17, 15) is 0 Å². The summed E-state index contributed by atoms with van der Waals surface area (Å²) >= 11 is 0. The number of likely N-dealkylation sites (tertiary alicyclic amines) is 1. The smallest absolute Gasteiger partial charge is 0.0828 e. The van der Waals surface area contributed by atoms with Crippen LogP contribution in [0.3, 0.4) is 0 Å². The quantitative estimate of drug-likeness (QED) is 0.869. The first kappa shape index (κ1) is 13.9. The second-order valence-corrected chi connectivity index (χ2v) is 6.62. The van der Waals surface area contributed by atoms with Crippen LogP contribution in [0.4, 0.5) is 0 Å². The molecular formula is C19H22N2O. The molecule has 1 aromatic carbocycles. The average molecular weight is 294 g/mol. The van der Waals surface area contributed by atoms with Crippen LogP contribution in [-0.4, -0.2) is 35.2 Å². The zero-order chi connectivity index (χ0) is 14.8. The summed E-state index contributed by atoms with van der Waals surface area (Å²) in [6, 6.07) is 15.0. The van der Waals surface area contributed by atoms with Gasteiger partial charge in [-0.1, -0.05) is 30.3 Å². The van der Waals surface area contributed by atoms with Gasteiger partial charge in [0.2, 0.25) is 0 Å². The van der Waals surface area contributed by atoms with Crippen molar-refractivity contribution in [1.82, 2.24) is 9.88 Å². The van der Waals surface area contributed by atoms with Gasteiger partial charge in [-0.25, -0.2) is 0 Å². The van der Waals surface area contributed by atoms with Crippen LogP contribution in [-0.2, 0) is 11.3 Å². The van der Waals surface area contributed by atoms with Crippen LogP contribution in [0, 0.1) is 0 Å². The number of nitrogens with zero attached hydrogens (tertiary/aromatic N) is 2. The maximum Gasteiger partial charge on any atom is 0.0828 e. The highest BCUT2D eigenvalue weighted by molar-refractivity contribution is 5.22. The van der Waals surface area contributed by atoms with Gasteiger partial charge in [0, 0.05) is 37.9 Å². The Morgan fingerprint density at radius 3 is 2.77 bits per heavy atom. The zero-order valence-corrected chi connectivity index (χ0v) is 12.8. The molecule has 3 heterocycles. The molecule has 0 N–H and O–H groups in total. The molecule has 2 aliphatic heterocycles. The summed E-state index contributed by atoms with van der Waals surface area (Å²) in [6.45, 7) is 4.05. The van der Waals surface area contributed by atoms with Crippen LogP contribution in [0.25, 0.3) is 0 Å². The minimum Gasteiger partial charge on any atom is -0.373 e. The van der Waals surface area contributed by atoms with Gasteiger partial charge in [-0.05, 0) is 36.1 Å². The van der Waals surface area contributed by atoms with Crippen LogP contribution in [0.1, 0.15) is 29.9 Å². The zero-order valence-electron chi connectivity index (χ0n) is 12.8. The van der Waals surface area contributed by atoms with Gasteiger partial charge in [0.15, 0.2) is 0 Å². The van der Waals surface area contributed by atoms with Gasteiger partial charge in [-0.15, -0.1) is 0 Å². The van der Waals surface area contributed by atoms with E-state index < -0.39 is 0 Å². The second-order valence-electron chi connectivity index (χ2n) is 6.62. The molecule has 0 aliphatic carbocycles. The van der Waals surface area contributed by atoms with Crippen molar-refractivity contribution >= 4 is 0 Å². The topological polar surface area (TPSA) is 25.4 Å². The standard InChI is InChI=1S/C19H22N2O/c1-2-4-17(5-3-1)18-12-19(22-14-18)8-11-21(15-19)13-16-6-9-20-10-7-16/h1-7,9-10,18H,8,11-15H2. The summed E-state index contributed by atoms with van der Waals surface area (Å²) < 4.78 is 6.28. The highest BCUT2D eigenvalue weighted by Crippen LogP contribution is 2.42. The van der Waals surface area contributed by atoms with Crippen LogP contribution >= 0.6 is 0 Å². The third-order valence-corrected chi connectivity index (χ3v) is 5.03. The summed E-state index contributed by atoms with van der Waals surface area (Å²) in [4.78, 5) is 6.61. The van der Waals surface area contributed by atoms with Crippen LogP contribution in [0.5, 0.6) is 0 Å². The van der Waals surface area contributed by atoms with Crippen LogP contribution in [0.15, 0.2) is 54.9 Å². The number of pyridine rings is 1. The lowest BCUT2D eigenvalue weighted by Gasteiger charge is -2.23. The van der Waals surface area contributed by atoms with Crippen molar-refractivity contribution in [3.05, 3.63) is 66.0 Å². The fraction of sp³-hybridized carbons (Fsp3) is 0.421. The van der Waals surface area contributed by atoms with Crippen molar-refractivity contribution in [3.8, 4) is 0 Å². The Morgan fingerprint density at radius 1 is 1.14 bits per heavy atom. The summed E-state index contributed by atoms with van der Waals surface area (Å²) in [7, 11) is 0. The van der Waals surface area contributed by atoms with Crippen LogP contribution in [0.2, 0.25) is 0 Å². The van der Waals surface area contributed by atoms with Gasteiger partial charge in [-0.3, -0.25) is 9.88 Å². The molecule has 2 fully saturated rings. The number of aromatic nitrogens is 1. The largest absolute Gasteiger partial charge is 0.373 e. The minimum absolute atomic E-state index is 0.0769. The molecule has 2 unspecified atom stereocenters. The van der Waals surface area contributed by atoms with E-state index in [4.69, 9.17) is 4.74 Å². The number of hydrogen-bond acceptors (Lipinski definition) is 3. The molecule has 1 spiro atoms. The van der Waals surface area contributed by atoms with E-state index in [0.29, 0.717) is 5.92 Å². The molecule has 0 saturated carbocycles. The van der Waals surface area contributed by atoms with E-state index in [1.807, 2.05) is 12.4 Å². The number of rotatable bonds is 3. The van der Waals surface area contributed by atoms with Gasteiger partial charge >= 0.3 is 0 Å². The average Bonchev–Trinajstić information content (AvgIpc) is 3.17.